The van der Waals surface area contributed by atoms with E-state index in [2.05, 4.69) is 64.8 Å². The van der Waals surface area contributed by atoms with Crippen molar-refractivity contribution in [2.45, 2.75) is 6.10 Å². The fraction of sp³-hybridized carbons (Fsp3) is 0.300. The zero-order valence-electron chi connectivity index (χ0n) is 13.2. The van der Waals surface area contributed by atoms with E-state index in [0.29, 0.717) is 6.54 Å². The maximum atomic E-state index is 11.0. The quantitative estimate of drug-likeness (QED) is 0.730. The summed E-state index contributed by atoms with van der Waals surface area (Å²) >= 11 is 0. The van der Waals surface area contributed by atoms with Crippen molar-refractivity contribution in [3.8, 4) is 0 Å². The first-order valence-electron chi connectivity index (χ1n) is 8.34. The van der Waals surface area contributed by atoms with Gasteiger partial charge in [0.2, 0.25) is 0 Å². The molecule has 0 amide bonds. The normalized spacial score (nSPS) is 17.6. The predicted molar refractivity (Wildman–Crippen MR) is 95.7 cm³/mol. The highest BCUT2D eigenvalue weighted by Gasteiger charge is 2.19. The van der Waals surface area contributed by atoms with Gasteiger partial charge in [0.1, 0.15) is 0 Å². The Bertz CT molecular complexity index is 770. The van der Waals surface area contributed by atoms with Crippen molar-refractivity contribution >= 4 is 21.5 Å². The molecule has 1 aliphatic heterocycles. The minimum atomic E-state index is -0.468. The van der Waals surface area contributed by atoms with E-state index in [4.69, 9.17) is 0 Å². The van der Waals surface area contributed by atoms with E-state index in [-0.39, 0.29) is 0 Å². The second-order valence-electron chi connectivity index (χ2n) is 6.30. The molecule has 0 aliphatic carbocycles. The summed E-state index contributed by atoms with van der Waals surface area (Å²) in [4.78, 5) is 2.34. The van der Waals surface area contributed by atoms with Crippen LogP contribution in [0.15, 0.2) is 54.6 Å². The molecule has 118 valence electrons. The van der Waals surface area contributed by atoms with Crippen LogP contribution in [0, 0.1) is 0 Å². The first-order valence-corrected chi connectivity index (χ1v) is 8.34. The van der Waals surface area contributed by atoms with Gasteiger partial charge in [0.15, 0.2) is 0 Å². The largest absolute Gasteiger partial charge is 0.387 e. The molecule has 1 atom stereocenters. The van der Waals surface area contributed by atoms with Crippen molar-refractivity contribution in [3.63, 3.8) is 0 Å². The summed E-state index contributed by atoms with van der Waals surface area (Å²) in [6, 6.07) is 18.9. The number of rotatable bonds is 3. The van der Waals surface area contributed by atoms with E-state index in [0.717, 1.165) is 42.5 Å². The average Bonchev–Trinajstić information content (AvgIpc) is 2.60. The van der Waals surface area contributed by atoms with Crippen LogP contribution in [0.5, 0.6) is 0 Å². The minimum Gasteiger partial charge on any atom is -0.387 e. The van der Waals surface area contributed by atoms with Crippen molar-refractivity contribution < 1.29 is 5.11 Å². The zero-order valence-corrected chi connectivity index (χ0v) is 13.2. The van der Waals surface area contributed by atoms with Crippen LogP contribution in [0.3, 0.4) is 0 Å². The van der Waals surface area contributed by atoms with Crippen molar-refractivity contribution in [2.24, 2.45) is 0 Å². The number of β-amino-alcohol motifs (C(OH)–C–C–N with tert-alkyl or cyclic N) is 1. The monoisotopic (exact) mass is 306 g/mol. The minimum absolute atomic E-state index is 0.468. The zero-order chi connectivity index (χ0) is 15.6. The van der Waals surface area contributed by atoms with Gasteiger partial charge in [0.05, 0.1) is 6.10 Å². The van der Waals surface area contributed by atoms with Crippen LogP contribution in [0.25, 0.3) is 21.5 Å². The van der Waals surface area contributed by atoms with E-state index in [1.54, 1.807) is 0 Å². The summed E-state index contributed by atoms with van der Waals surface area (Å²) in [6.45, 7) is 4.70. The molecule has 1 fully saturated rings. The van der Waals surface area contributed by atoms with Gasteiger partial charge in [0, 0.05) is 32.7 Å². The molecule has 3 heteroatoms. The Morgan fingerprint density at radius 2 is 1.48 bits per heavy atom. The van der Waals surface area contributed by atoms with Crippen LogP contribution in [0.2, 0.25) is 0 Å². The molecule has 23 heavy (non-hydrogen) atoms. The highest BCUT2D eigenvalue weighted by Crippen LogP contribution is 2.33. The molecule has 0 bridgehead atoms. The third-order valence-corrected chi connectivity index (χ3v) is 4.79. The second-order valence-corrected chi connectivity index (χ2v) is 6.30. The van der Waals surface area contributed by atoms with Crippen LogP contribution in [-0.2, 0) is 0 Å². The molecular weight excluding hydrogens is 284 g/mol. The molecule has 1 aliphatic rings. The smallest absolute Gasteiger partial charge is 0.0928 e. The predicted octanol–water partition coefficient (Wildman–Crippen LogP) is 2.93. The maximum absolute atomic E-state index is 11.0. The summed E-state index contributed by atoms with van der Waals surface area (Å²) in [5.74, 6) is 0. The van der Waals surface area contributed by atoms with Crippen molar-refractivity contribution in [1.82, 2.24) is 10.2 Å². The Balaban J connectivity index is 1.81. The Labute approximate surface area is 136 Å². The second kappa shape index (κ2) is 6.28. The highest BCUT2D eigenvalue weighted by molar-refractivity contribution is 6.02. The van der Waals surface area contributed by atoms with Gasteiger partial charge >= 0.3 is 0 Å². The Morgan fingerprint density at radius 1 is 0.913 bits per heavy atom. The summed E-state index contributed by atoms with van der Waals surface area (Å²) in [5, 5.41) is 19.1. The van der Waals surface area contributed by atoms with Crippen molar-refractivity contribution in [1.29, 1.82) is 0 Å². The van der Waals surface area contributed by atoms with Crippen LogP contribution in [0.4, 0.5) is 0 Å². The summed E-state index contributed by atoms with van der Waals surface area (Å²) in [6.07, 6.45) is -0.468. The Kier molecular flexibility index (Phi) is 4.00. The van der Waals surface area contributed by atoms with Gasteiger partial charge < -0.3 is 10.4 Å². The molecule has 2 N–H and O–H groups in total. The standard InChI is InChI=1S/C20H22N2O/c23-19(14-22-11-9-21-10-12-22)20-17-7-3-1-5-15(17)13-16-6-2-4-8-18(16)20/h1-8,13,19,21,23H,9-12,14H2. The molecule has 0 aromatic heterocycles. The SMILES string of the molecule is OC(CN1CCNCC1)c1c2ccccc2cc2ccccc12. The van der Waals surface area contributed by atoms with E-state index in [1.165, 1.54) is 10.8 Å². The van der Waals surface area contributed by atoms with Crippen LogP contribution in [0.1, 0.15) is 11.7 Å². The average molecular weight is 306 g/mol. The Morgan fingerprint density at radius 3 is 2.09 bits per heavy atom. The summed E-state index contributed by atoms with van der Waals surface area (Å²) in [5.41, 5.74) is 1.07. The number of hydrogen-bond acceptors (Lipinski definition) is 3. The number of aliphatic hydroxyl groups is 1. The van der Waals surface area contributed by atoms with Crippen molar-refractivity contribution in [3.05, 3.63) is 60.2 Å². The van der Waals surface area contributed by atoms with Crippen LogP contribution >= 0.6 is 0 Å². The molecule has 1 saturated heterocycles. The van der Waals surface area contributed by atoms with E-state index in [1.807, 2.05) is 0 Å². The van der Waals surface area contributed by atoms with Crippen LogP contribution < -0.4 is 5.32 Å². The van der Waals surface area contributed by atoms with Gasteiger partial charge in [-0.1, -0.05) is 48.5 Å². The molecular formula is C20H22N2O. The lowest BCUT2D eigenvalue weighted by Gasteiger charge is -2.30. The van der Waals surface area contributed by atoms with Gasteiger partial charge in [-0.05, 0) is 33.2 Å². The van der Waals surface area contributed by atoms with E-state index < -0.39 is 6.10 Å². The van der Waals surface area contributed by atoms with Gasteiger partial charge in [-0.2, -0.15) is 0 Å². The molecule has 4 rings (SSSR count). The van der Waals surface area contributed by atoms with Crippen LogP contribution in [-0.4, -0.2) is 42.7 Å². The van der Waals surface area contributed by atoms with Gasteiger partial charge in [-0.3, -0.25) is 4.90 Å². The highest BCUT2D eigenvalue weighted by atomic mass is 16.3. The summed E-state index contributed by atoms with van der Waals surface area (Å²) < 4.78 is 0. The third-order valence-electron chi connectivity index (χ3n) is 4.79. The molecule has 3 nitrogen and oxygen atoms in total. The van der Waals surface area contributed by atoms with Crippen molar-refractivity contribution in [2.75, 3.05) is 32.7 Å². The van der Waals surface area contributed by atoms with E-state index in [9.17, 15) is 5.11 Å². The first kappa shape index (κ1) is 14.6. The first-order chi connectivity index (χ1) is 11.3. The lowest BCUT2D eigenvalue weighted by atomic mass is 9.93. The Hall–Kier alpha value is -1.94. The van der Waals surface area contributed by atoms with Gasteiger partial charge in [-0.15, -0.1) is 0 Å². The number of piperazine rings is 1. The van der Waals surface area contributed by atoms with Gasteiger partial charge in [0.25, 0.3) is 0 Å². The fourth-order valence-electron chi connectivity index (χ4n) is 3.64. The van der Waals surface area contributed by atoms with Gasteiger partial charge in [-0.25, -0.2) is 0 Å². The number of hydrogen-bond donors (Lipinski definition) is 2. The fourth-order valence-corrected chi connectivity index (χ4v) is 3.64. The number of aliphatic hydroxyl groups excluding tert-OH is 1. The number of fused-ring (bicyclic) bond motifs is 2. The molecule has 0 spiro atoms. The molecule has 0 saturated carbocycles. The molecule has 1 unspecified atom stereocenters. The maximum Gasteiger partial charge on any atom is 0.0928 e. The topological polar surface area (TPSA) is 35.5 Å². The summed E-state index contributed by atoms with van der Waals surface area (Å²) in [7, 11) is 0. The molecule has 1 heterocycles. The lowest BCUT2D eigenvalue weighted by molar-refractivity contribution is 0.107. The molecule has 3 aromatic carbocycles. The number of nitrogens with zero attached hydrogens (tertiary/aromatic N) is 1. The molecule has 3 aromatic rings. The number of nitrogens with one attached hydrogen (secondary N) is 1. The third kappa shape index (κ3) is 2.83. The number of benzene rings is 3. The molecule has 0 radical (unpaired) electrons. The lowest BCUT2D eigenvalue weighted by Crippen LogP contribution is -2.45. The van der Waals surface area contributed by atoms with E-state index >= 15 is 0 Å².